The minimum absolute atomic E-state index is 0.0976. The lowest BCUT2D eigenvalue weighted by Crippen LogP contribution is -2.46. The van der Waals surface area contributed by atoms with E-state index in [1.165, 1.54) is 11.0 Å². The molecular weight excluding hydrogens is 260 g/mol. The lowest BCUT2D eigenvalue weighted by molar-refractivity contribution is 0.0697. The second-order valence-electron chi connectivity index (χ2n) is 4.88. The number of hydrogen-bond acceptors (Lipinski definition) is 3. The van der Waals surface area contributed by atoms with E-state index in [0.717, 1.165) is 0 Å². The number of piperidine rings is 1. The third-order valence-corrected chi connectivity index (χ3v) is 3.52. The number of aromatic carboxylic acids is 1. The van der Waals surface area contributed by atoms with Crippen LogP contribution in [0.15, 0.2) is 24.3 Å². The number of benzene rings is 1. The van der Waals surface area contributed by atoms with Gasteiger partial charge in [-0.05, 0) is 25.0 Å². The molecule has 20 heavy (non-hydrogen) atoms. The van der Waals surface area contributed by atoms with Crippen molar-refractivity contribution >= 4 is 17.7 Å². The standard InChI is InChI=1S/C14H18N2O4/c1-15(12-5-3-2-4-11(12)13(18)19)14(20)16-8-6-10(17)7-9-16/h2-5,10,17H,6-9H2,1H3,(H,18,19). The number of rotatable bonds is 2. The SMILES string of the molecule is CN(C(=O)N1CCC(O)CC1)c1ccccc1C(=O)O. The van der Waals surface area contributed by atoms with Crippen LogP contribution in [-0.4, -0.2) is 53.4 Å². The molecule has 1 fully saturated rings. The van der Waals surface area contributed by atoms with E-state index < -0.39 is 5.97 Å². The fourth-order valence-electron chi connectivity index (χ4n) is 2.32. The second kappa shape index (κ2) is 5.92. The quantitative estimate of drug-likeness (QED) is 0.856. The number of carboxylic acids is 1. The Labute approximate surface area is 117 Å². The molecule has 0 aromatic heterocycles. The van der Waals surface area contributed by atoms with Crippen molar-refractivity contribution in [1.29, 1.82) is 0 Å². The summed E-state index contributed by atoms with van der Waals surface area (Å²) in [6.45, 7) is 0.971. The van der Waals surface area contributed by atoms with Crippen molar-refractivity contribution in [2.75, 3.05) is 25.0 Å². The Balaban J connectivity index is 2.17. The Morgan fingerprint density at radius 2 is 1.85 bits per heavy atom. The molecule has 1 aliphatic heterocycles. The van der Waals surface area contributed by atoms with E-state index >= 15 is 0 Å². The largest absolute Gasteiger partial charge is 0.478 e. The van der Waals surface area contributed by atoms with Crippen molar-refractivity contribution in [3.8, 4) is 0 Å². The maximum atomic E-state index is 12.4. The lowest BCUT2D eigenvalue weighted by Gasteiger charge is -2.33. The molecule has 2 amide bonds. The number of aliphatic hydroxyl groups excluding tert-OH is 1. The van der Waals surface area contributed by atoms with Crippen LogP contribution in [0.1, 0.15) is 23.2 Å². The molecule has 6 heteroatoms. The van der Waals surface area contributed by atoms with Crippen LogP contribution in [0.25, 0.3) is 0 Å². The number of carboxylic acid groups (broad SMARTS) is 1. The molecule has 0 spiro atoms. The van der Waals surface area contributed by atoms with Crippen LogP contribution >= 0.6 is 0 Å². The summed E-state index contributed by atoms with van der Waals surface area (Å²) in [7, 11) is 1.56. The minimum atomic E-state index is -1.06. The molecule has 0 atom stereocenters. The topological polar surface area (TPSA) is 81.1 Å². The van der Waals surface area contributed by atoms with Gasteiger partial charge >= 0.3 is 12.0 Å². The summed E-state index contributed by atoms with van der Waals surface area (Å²) in [4.78, 5) is 26.5. The van der Waals surface area contributed by atoms with E-state index in [1.807, 2.05) is 0 Å². The van der Waals surface area contributed by atoms with Crippen molar-refractivity contribution in [2.24, 2.45) is 0 Å². The highest BCUT2D eigenvalue weighted by Gasteiger charge is 2.26. The van der Waals surface area contributed by atoms with Crippen molar-refractivity contribution in [3.63, 3.8) is 0 Å². The summed E-state index contributed by atoms with van der Waals surface area (Å²) >= 11 is 0. The molecule has 1 aliphatic rings. The summed E-state index contributed by atoms with van der Waals surface area (Å²) in [6, 6.07) is 6.17. The Kier molecular flexibility index (Phi) is 4.24. The van der Waals surface area contributed by atoms with Crippen LogP contribution in [0.3, 0.4) is 0 Å². The number of likely N-dealkylation sites (tertiary alicyclic amines) is 1. The Hall–Kier alpha value is -2.08. The van der Waals surface area contributed by atoms with Crippen molar-refractivity contribution in [3.05, 3.63) is 29.8 Å². The van der Waals surface area contributed by atoms with Gasteiger partial charge in [-0.1, -0.05) is 12.1 Å². The number of carbonyl (C=O) groups is 2. The number of aliphatic hydroxyl groups is 1. The summed E-state index contributed by atoms with van der Waals surface area (Å²) in [6.07, 6.45) is 0.760. The summed E-state index contributed by atoms with van der Waals surface area (Å²) in [5, 5.41) is 18.6. The van der Waals surface area contributed by atoms with Crippen molar-refractivity contribution in [1.82, 2.24) is 4.90 Å². The highest BCUT2D eigenvalue weighted by Crippen LogP contribution is 2.21. The molecule has 2 rings (SSSR count). The normalized spacial score (nSPS) is 16.0. The number of urea groups is 1. The third kappa shape index (κ3) is 2.91. The number of nitrogens with zero attached hydrogens (tertiary/aromatic N) is 2. The molecule has 6 nitrogen and oxygen atoms in total. The molecule has 0 radical (unpaired) electrons. The molecule has 1 aromatic rings. The van der Waals surface area contributed by atoms with Crippen LogP contribution in [0.4, 0.5) is 10.5 Å². The summed E-state index contributed by atoms with van der Waals surface area (Å²) in [5.41, 5.74) is 0.469. The van der Waals surface area contributed by atoms with Gasteiger partial charge in [0.1, 0.15) is 0 Å². The zero-order valence-corrected chi connectivity index (χ0v) is 11.3. The van der Waals surface area contributed by atoms with Gasteiger partial charge in [-0.2, -0.15) is 0 Å². The van der Waals surface area contributed by atoms with Crippen LogP contribution in [0.2, 0.25) is 0 Å². The molecule has 1 saturated heterocycles. The van der Waals surface area contributed by atoms with Gasteiger partial charge in [0.25, 0.3) is 0 Å². The molecule has 0 unspecified atom stereocenters. The van der Waals surface area contributed by atoms with Gasteiger partial charge in [0, 0.05) is 20.1 Å². The maximum Gasteiger partial charge on any atom is 0.337 e. The number of hydrogen-bond donors (Lipinski definition) is 2. The molecule has 0 saturated carbocycles. The summed E-state index contributed by atoms with van der Waals surface area (Å²) < 4.78 is 0. The second-order valence-corrected chi connectivity index (χ2v) is 4.88. The monoisotopic (exact) mass is 278 g/mol. The first-order chi connectivity index (χ1) is 9.50. The number of carbonyl (C=O) groups excluding carboxylic acids is 1. The molecule has 1 heterocycles. The molecule has 0 bridgehead atoms. The van der Waals surface area contributed by atoms with E-state index in [-0.39, 0.29) is 17.7 Å². The van der Waals surface area contributed by atoms with Gasteiger partial charge in [-0.15, -0.1) is 0 Å². The van der Waals surface area contributed by atoms with E-state index in [1.54, 1.807) is 30.1 Å². The first kappa shape index (κ1) is 14.3. The van der Waals surface area contributed by atoms with Crippen LogP contribution in [0.5, 0.6) is 0 Å². The fraction of sp³-hybridized carbons (Fsp3) is 0.429. The maximum absolute atomic E-state index is 12.4. The van der Waals surface area contributed by atoms with Gasteiger partial charge < -0.3 is 15.1 Å². The molecule has 2 N–H and O–H groups in total. The first-order valence-electron chi connectivity index (χ1n) is 6.53. The van der Waals surface area contributed by atoms with E-state index in [2.05, 4.69) is 0 Å². The van der Waals surface area contributed by atoms with E-state index in [4.69, 9.17) is 5.11 Å². The Bertz CT molecular complexity index is 510. The van der Waals surface area contributed by atoms with Crippen molar-refractivity contribution in [2.45, 2.75) is 18.9 Å². The first-order valence-corrected chi connectivity index (χ1v) is 6.53. The van der Waals surface area contributed by atoms with E-state index in [0.29, 0.717) is 31.6 Å². The van der Waals surface area contributed by atoms with Gasteiger partial charge in [-0.3, -0.25) is 4.90 Å². The van der Waals surface area contributed by atoms with Gasteiger partial charge in [0.15, 0.2) is 0 Å². The molecule has 108 valence electrons. The van der Waals surface area contributed by atoms with E-state index in [9.17, 15) is 14.7 Å². The average Bonchev–Trinajstić information content (AvgIpc) is 2.46. The zero-order chi connectivity index (χ0) is 14.7. The Morgan fingerprint density at radius 3 is 2.45 bits per heavy atom. The summed E-state index contributed by atoms with van der Waals surface area (Å²) in [5.74, 6) is -1.06. The van der Waals surface area contributed by atoms with Crippen molar-refractivity contribution < 1.29 is 19.8 Å². The fourth-order valence-corrected chi connectivity index (χ4v) is 2.32. The predicted octanol–water partition coefficient (Wildman–Crippen LogP) is 1.40. The van der Waals surface area contributed by atoms with Gasteiger partial charge in [-0.25, -0.2) is 9.59 Å². The molecule has 1 aromatic carbocycles. The smallest absolute Gasteiger partial charge is 0.337 e. The lowest BCUT2D eigenvalue weighted by atomic mass is 10.1. The van der Waals surface area contributed by atoms with Crippen LogP contribution < -0.4 is 4.90 Å². The number of amides is 2. The van der Waals surface area contributed by atoms with Crippen LogP contribution in [0, 0.1) is 0 Å². The van der Waals surface area contributed by atoms with Gasteiger partial charge in [0.05, 0.1) is 17.4 Å². The highest BCUT2D eigenvalue weighted by atomic mass is 16.4. The number of anilines is 1. The zero-order valence-electron chi connectivity index (χ0n) is 11.3. The minimum Gasteiger partial charge on any atom is -0.478 e. The van der Waals surface area contributed by atoms with Gasteiger partial charge in [0.2, 0.25) is 0 Å². The van der Waals surface area contributed by atoms with Crippen LogP contribution in [-0.2, 0) is 0 Å². The average molecular weight is 278 g/mol. The Morgan fingerprint density at radius 1 is 1.25 bits per heavy atom. The molecular formula is C14H18N2O4. The highest BCUT2D eigenvalue weighted by molar-refractivity contribution is 6.01. The number of para-hydroxylation sites is 1. The predicted molar refractivity (Wildman–Crippen MR) is 74.0 cm³/mol. The molecule has 0 aliphatic carbocycles. The third-order valence-electron chi connectivity index (χ3n) is 3.52.